The zero-order chi connectivity index (χ0) is 32.2. The quantitative estimate of drug-likeness (QED) is 0.199. The molecule has 0 radical (unpaired) electrons. The third-order valence-electron chi connectivity index (χ3n) is 9.38. The van der Waals surface area contributed by atoms with E-state index in [4.69, 9.17) is 0 Å². The summed E-state index contributed by atoms with van der Waals surface area (Å²) >= 11 is 0. The SMILES string of the molecule is N#Cc1ccc(-c2cccc(-c3ccc(-n4c5ccccc5c5ccccc54)cc3)c2)c(-n2c3ccccc3c3ccc(C#N)cc32)c1. The van der Waals surface area contributed by atoms with Gasteiger partial charge in [-0.3, -0.25) is 0 Å². The molecule has 0 unspecified atom stereocenters. The Kier molecular flexibility index (Phi) is 6.22. The van der Waals surface area contributed by atoms with Crippen LogP contribution in [-0.4, -0.2) is 9.13 Å². The van der Waals surface area contributed by atoms with Crippen molar-refractivity contribution in [1.29, 1.82) is 10.5 Å². The first-order valence-corrected chi connectivity index (χ1v) is 15.9. The fraction of sp³-hybridized carbons (Fsp3) is 0. The fourth-order valence-corrected chi connectivity index (χ4v) is 7.20. The van der Waals surface area contributed by atoms with E-state index >= 15 is 0 Å². The van der Waals surface area contributed by atoms with Crippen molar-refractivity contribution in [2.75, 3.05) is 0 Å². The lowest BCUT2D eigenvalue weighted by molar-refractivity contribution is 1.18. The molecule has 0 aliphatic heterocycles. The molecule has 9 rings (SSSR count). The van der Waals surface area contributed by atoms with Crippen LogP contribution < -0.4 is 0 Å². The number of rotatable bonds is 4. The van der Waals surface area contributed by atoms with Gasteiger partial charge in [0.1, 0.15) is 0 Å². The molecule has 0 aliphatic carbocycles. The van der Waals surface area contributed by atoms with E-state index < -0.39 is 0 Å². The Morgan fingerprint density at radius 1 is 0.375 bits per heavy atom. The molecule has 222 valence electrons. The van der Waals surface area contributed by atoms with Crippen molar-refractivity contribution >= 4 is 43.6 Å². The lowest BCUT2D eigenvalue weighted by atomic mass is 9.96. The molecule has 0 spiro atoms. The molecule has 0 bridgehead atoms. The average Bonchev–Trinajstić information content (AvgIpc) is 3.67. The highest BCUT2D eigenvalue weighted by atomic mass is 15.0. The highest BCUT2D eigenvalue weighted by Crippen LogP contribution is 2.38. The Hall–Kier alpha value is -6.88. The van der Waals surface area contributed by atoms with Gasteiger partial charge in [-0.25, -0.2) is 0 Å². The van der Waals surface area contributed by atoms with Crippen molar-refractivity contribution < 1.29 is 0 Å². The van der Waals surface area contributed by atoms with Gasteiger partial charge in [-0.2, -0.15) is 10.5 Å². The number of benzene rings is 7. The number of nitrogens with zero attached hydrogens (tertiary/aromatic N) is 4. The summed E-state index contributed by atoms with van der Waals surface area (Å²) in [5.74, 6) is 0. The van der Waals surface area contributed by atoms with Crippen LogP contribution in [0.4, 0.5) is 0 Å². The third kappa shape index (κ3) is 4.22. The fourth-order valence-electron chi connectivity index (χ4n) is 7.20. The van der Waals surface area contributed by atoms with E-state index in [9.17, 15) is 10.5 Å². The molecular weight excluding hydrogens is 585 g/mol. The van der Waals surface area contributed by atoms with Gasteiger partial charge in [0.2, 0.25) is 0 Å². The van der Waals surface area contributed by atoms with E-state index in [-0.39, 0.29) is 0 Å². The Balaban J connectivity index is 1.18. The summed E-state index contributed by atoms with van der Waals surface area (Å²) < 4.78 is 4.52. The summed E-state index contributed by atoms with van der Waals surface area (Å²) in [6.07, 6.45) is 0. The van der Waals surface area contributed by atoms with Crippen LogP contribution in [0.25, 0.3) is 77.2 Å². The van der Waals surface area contributed by atoms with Gasteiger partial charge in [-0.1, -0.05) is 97.1 Å². The van der Waals surface area contributed by atoms with Crippen LogP contribution in [0, 0.1) is 22.7 Å². The average molecular weight is 611 g/mol. The molecule has 2 aromatic heterocycles. The second-order valence-electron chi connectivity index (χ2n) is 12.0. The van der Waals surface area contributed by atoms with Crippen molar-refractivity contribution in [3.8, 4) is 45.8 Å². The molecule has 7 aromatic carbocycles. The Labute approximate surface area is 277 Å². The summed E-state index contributed by atoms with van der Waals surface area (Å²) in [4.78, 5) is 0. The second-order valence-corrected chi connectivity index (χ2v) is 12.0. The van der Waals surface area contributed by atoms with E-state index in [1.165, 1.54) is 21.8 Å². The van der Waals surface area contributed by atoms with E-state index in [1.807, 2.05) is 48.5 Å². The topological polar surface area (TPSA) is 57.4 Å². The van der Waals surface area contributed by atoms with Gasteiger partial charge in [0.15, 0.2) is 0 Å². The molecule has 0 saturated carbocycles. The van der Waals surface area contributed by atoms with Gasteiger partial charge in [0.25, 0.3) is 0 Å². The number of aromatic nitrogens is 2. The van der Waals surface area contributed by atoms with E-state index in [1.54, 1.807) is 0 Å². The summed E-state index contributed by atoms with van der Waals surface area (Å²) in [7, 11) is 0. The van der Waals surface area contributed by atoms with Gasteiger partial charge in [0, 0.05) is 32.8 Å². The Morgan fingerprint density at radius 2 is 0.917 bits per heavy atom. The lowest BCUT2D eigenvalue weighted by Crippen LogP contribution is -1.99. The summed E-state index contributed by atoms with van der Waals surface area (Å²) in [5.41, 5.74) is 11.8. The highest BCUT2D eigenvalue weighted by Gasteiger charge is 2.18. The molecule has 48 heavy (non-hydrogen) atoms. The van der Waals surface area contributed by atoms with Crippen molar-refractivity contribution in [2.24, 2.45) is 0 Å². The maximum Gasteiger partial charge on any atom is 0.0992 e. The smallest absolute Gasteiger partial charge is 0.0992 e. The first kappa shape index (κ1) is 27.4. The standard InChI is InChI=1S/C44H26N4/c45-27-29-16-22-35(43(24-29)48-42-15-6-3-12-38(42)39-23-17-30(28-46)25-44(39)48)33-9-7-8-32(26-33)31-18-20-34(21-19-31)47-40-13-4-1-10-36(40)37-11-2-5-14-41(37)47/h1-26H. The summed E-state index contributed by atoms with van der Waals surface area (Å²) in [6, 6.07) is 59.0. The molecule has 4 heteroatoms. The van der Waals surface area contributed by atoms with Crippen molar-refractivity contribution in [1.82, 2.24) is 9.13 Å². The largest absolute Gasteiger partial charge is 0.309 e. The molecule has 0 aliphatic rings. The third-order valence-corrected chi connectivity index (χ3v) is 9.38. The van der Waals surface area contributed by atoms with Gasteiger partial charge in [-0.15, -0.1) is 0 Å². The number of nitriles is 2. The molecular formula is C44H26N4. The van der Waals surface area contributed by atoms with Crippen LogP contribution in [-0.2, 0) is 0 Å². The van der Waals surface area contributed by atoms with Gasteiger partial charge in [0.05, 0.1) is 51.0 Å². The van der Waals surface area contributed by atoms with Crippen LogP contribution in [0.1, 0.15) is 11.1 Å². The van der Waals surface area contributed by atoms with Crippen molar-refractivity contribution in [3.05, 3.63) is 169 Å². The maximum atomic E-state index is 9.93. The molecule has 2 heterocycles. The highest BCUT2D eigenvalue weighted by molar-refractivity contribution is 6.10. The first-order chi connectivity index (χ1) is 23.7. The predicted octanol–water partition coefficient (Wildman–Crippen LogP) is 11.0. The van der Waals surface area contributed by atoms with E-state index in [0.29, 0.717) is 11.1 Å². The van der Waals surface area contributed by atoms with Gasteiger partial charge >= 0.3 is 0 Å². The predicted molar refractivity (Wildman–Crippen MR) is 195 cm³/mol. The monoisotopic (exact) mass is 610 g/mol. The van der Waals surface area contributed by atoms with Crippen LogP contribution in [0.15, 0.2) is 158 Å². The number of para-hydroxylation sites is 3. The van der Waals surface area contributed by atoms with Gasteiger partial charge < -0.3 is 9.13 Å². The van der Waals surface area contributed by atoms with Crippen molar-refractivity contribution in [3.63, 3.8) is 0 Å². The van der Waals surface area contributed by atoms with Crippen LogP contribution >= 0.6 is 0 Å². The molecule has 0 saturated heterocycles. The minimum absolute atomic E-state index is 0.577. The minimum atomic E-state index is 0.577. The lowest BCUT2D eigenvalue weighted by Gasteiger charge is -2.16. The Bertz CT molecular complexity index is 2750. The molecule has 9 aromatic rings. The summed E-state index contributed by atoms with van der Waals surface area (Å²) in [5, 5.41) is 24.3. The normalized spacial score (nSPS) is 11.3. The Morgan fingerprint density at radius 3 is 1.56 bits per heavy atom. The molecule has 0 N–H and O–H groups in total. The van der Waals surface area contributed by atoms with Crippen molar-refractivity contribution in [2.45, 2.75) is 0 Å². The number of fused-ring (bicyclic) bond motifs is 6. The zero-order valence-electron chi connectivity index (χ0n) is 25.8. The van der Waals surface area contributed by atoms with Crippen LogP contribution in [0.5, 0.6) is 0 Å². The van der Waals surface area contributed by atoms with Gasteiger partial charge in [-0.05, 0) is 77.4 Å². The number of hydrogen-bond acceptors (Lipinski definition) is 2. The molecule has 0 atom stereocenters. The zero-order valence-corrected chi connectivity index (χ0v) is 25.8. The maximum absolute atomic E-state index is 9.93. The molecule has 4 nitrogen and oxygen atoms in total. The number of hydrogen-bond donors (Lipinski definition) is 0. The molecule has 0 amide bonds. The van der Waals surface area contributed by atoms with E-state index in [2.05, 4.69) is 130 Å². The minimum Gasteiger partial charge on any atom is -0.309 e. The van der Waals surface area contributed by atoms with E-state index in [0.717, 1.165) is 55.4 Å². The summed E-state index contributed by atoms with van der Waals surface area (Å²) in [6.45, 7) is 0. The first-order valence-electron chi connectivity index (χ1n) is 15.9. The molecule has 0 fully saturated rings. The second kappa shape index (κ2) is 10.9. The van der Waals surface area contributed by atoms with Crippen LogP contribution in [0.3, 0.4) is 0 Å². The van der Waals surface area contributed by atoms with Crippen LogP contribution in [0.2, 0.25) is 0 Å².